The van der Waals surface area contributed by atoms with Crippen LogP contribution in [0.2, 0.25) is 0 Å². The zero-order valence-electron chi connectivity index (χ0n) is 12.3. The van der Waals surface area contributed by atoms with E-state index in [4.69, 9.17) is 4.42 Å². The van der Waals surface area contributed by atoms with E-state index in [0.29, 0.717) is 30.5 Å². The SMILES string of the molecule is CC(C)CCNC(=O)c1cnc(NCc2ccco2)cn1. The quantitative estimate of drug-likeness (QED) is 0.818. The maximum Gasteiger partial charge on any atom is 0.271 e. The summed E-state index contributed by atoms with van der Waals surface area (Å²) < 4.78 is 5.21. The number of anilines is 1. The Bertz CT molecular complexity index is 550. The Morgan fingerprint density at radius 2 is 2.19 bits per heavy atom. The number of carbonyl (C=O) groups excluding carboxylic acids is 1. The molecule has 0 aliphatic rings. The molecule has 112 valence electrons. The predicted molar refractivity (Wildman–Crippen MR) is 79.9 cm³/mol. The van der Waals surface area contributed by atoms with Gasteiger partial charge in [-0.15, -0.1) is 0 Å². The molecule has 0 saturated heterocycles. The fourth-order valence-electron chi connectivity index (χ4n) is 1.69. The number of nitrogens with one attached hydrogen (secondary N) is 2. The minimum absolute atomic E-state index is 0.194. The number of hydrogen-bond acceptors (Lipinski definition) is 5. The molecule has 0 radical (unpaired) electrons. The van der Waals surface area contributed by atoms with E-state index in [1.54, 1.807) is 12.5 Å². The van der Waals surface area contributed by atoms with Crippen molar-refractivity contribution >= 4 is 11.7 Å². The van der Waals surface area contributed by atoms with E-state index < -0.39 is 0 Å². The Morgan fingerprint density at radius 1 is 1.33 bits per heavy atom. The van der Waals surface area contributed by atoms with Crippen LogP contribution < -0.4 is 10.6 Å². The first-order chi connectivity index (χ1) is 10.1. The lowest BCUT2D eigenvalue weighted by Crippen LogP contribution is -2.26. The number of aromatic nitrogens is 2. The smallest absolute Gasteiger partial charge is 0.271 e. The first-order valence-corrected chi connectivity index (χ1v) is 7.01. The molecule has 0 fully saturated rings. The van der Waals surface area contributed by atoms with E-state index in [-0.39, 0.29) is 5.91 Å². The maximum atomic E-state index is 11.8. The first kappa shape index (κ1) is 15.0. The Morgan fingerprint density at radius 3 is 2.81 bits per heavy atom. The Balaban J connectivity index is 1.82. The van der Waals surface area contributed by atoms with Crippen LogP contribution in [0.15, 0.2) is 35.2 Å². The average Bonchev–Trinajstić information content (AvgIpc) is 2.98. The number of amides is 1. The van der Waals surface area contributed by atoms with Crippen LogP contribution in [0.5, 0.6) is 0 Å². The summed E-state index contributed by atoms with van der Waals surface area (Å²) in [5, 5.41) is 5.90. The first-order valence-electron chi connectivity index (χ1n) is 7.01. The second-order valence-corrected chi connectivity index (χ2v) is 5.16. The van der Waals surface area contributed by atoms with Gasteiger partial charge < -0.3 is 15.1 Å². The highest BCUT2D eigenvalue weighted by molar-refractivity contribution is 5.91. The molecule has 6 nitrogen and oxygen atoms in total. The monoisotopic (exact) mass is 288 g/mol. The van der Waals surface area contributed by atoms with Crippen LogP contribution in [0.3, 0.4) is 0 Å². The fourth-order valence-corrected chi connectivity index (χ4v) is 1.69. The number of carbonyl (C=O) groups is 1. The highest BCUT2D eigenvalue weighted by Crippen LogP contribution is 2.06. The second-order valence-electron chi connectivity index (χ2n) is 5.16. The molecule has 2 aromatic rings. The third-order valence-electron chi connectivity index (χ3n) is 2.92. The van der Waals surface area contributed by atoms with E-state index >= 15 is 0 Å². The van der Waals surface area contributed by atoms with E-state index in [1.165, 1.54) is 6.20 Å². The largest absolute Gasteiger partial charge is 0.467 e. The molecule has 2 aromatic heterocycles. The molecule has 0 saturated carbocycles. The lowest BCUT2D eigenvalue weighted by atomic mass is 10.1. The Labute approximate surface area is 124 Å². The van der Waals surface area contributed by atoms with Crippen molar-refractivity contribution in [2.75, 3.05) is 11.9 Å². The van der Waals surface area contributed by atoms with E-state index in [2.05, 4.69) is 34.4 Å². The highest BCUT2D eigenvalue weighted by Gasteiger charge is 2.07. The number of furan rings is 1. The van der Waals surface area contributed by atoms with Crippen LogP contribution in [0.1, 0.15) is 36.5 Å². The van der Waals surface area contributed by atoms with Crippen LogP contribution in [0.25, 0.3) is 0 Å². The van der Waals surface area contributed by atoms with Gasteiger partial charge in [0.1, 0.15) is 17.3 Å². The number of rotatable bonds is 7. The molecule has 2 N–H and O–H groups in total. The van der Waals surface area contributed by atoms with Gasteiger partial charge in [-0.25, -0.2) is 9.97 Å². The van der Waals surface area contributed by atoms with Crippen LogP contribution in [0, 0.1) is 5.92 Å². The van der Waals surface area contributed by atoms with Gasteiger partial charge in [-0.2, -0.15) is 0 Å². The summed E-state index contributed by atoms with van der Waals surface area (Å²) in [6, 6.07) is 3.70. The van der Waals surface area contributed by atoms with Gasteiger partial charge in [0.2, 0.25) is 0 Å². The lowest BCUT2D eigenvalue weighted by molar-refractivity contribution is 0.0946. The zero-order chi connectivity index (χ0) is 15.1. The minimum atomic E-state index is -0.194. The lowest BCUT2D eigenvalue weighted by Gasteiger charge is -2.07. The van der Waals surface area contributed by atoms with Crippen molar-refractivity contribution < 1.29 is 9.21 Å². The maximum absolute atomic E-state index is 11.8. The van der Waals surface area contributed by atoms with Crippen molar-refractivity contribution in [1.82, 2.24) is 15.3 Å². The van der Waals surface area contributed by atoms with Crippen molar-refractivity contribution in [2.45, 2.75) is 26.8 Å². The molecule has 0 aliphatic heterocycles. The molecule has 1 amide bonds. The summed E-state index contributed by atoms with van der Waals surface area (Å²) in [4.78, 5) is 20.1. The molecule has 0 unspecified atom stereocenters. The van der Waals surface area contributed by atoms with E-state index in [0.717, 1.165) is 12.2 Å². The molecule has 21 heavy (non-hydrogen) atoms. The van der Waals surface area contributed by atoms with Crippen molar-refractivity contribution in [3.05, 3.63) is 42.2 Å². The summed E-state index contributed by atoms with van der Waals surface area (Å²) in [6.45, 7) is 5.41. The molecule has 0 atom stereocenters. The second kappa shape index (κ2) is 7.42. The standard InChI is InChI=1S/C15H20N4O2/c1-11(2)5-6-16-15(20)13-9-19-14(10-17-13)18-8-12-4-3-7-21-12/h3-4,7,9-11H,5-6,8H2,1-2H3,(H,16,20)(H,18,19). The highest BCUT2D eigenvalue weighted by atomic mass is 16.3. The normalized spacial score (nSPS) is 10.6. The number of hydrogen-bond donors (Lipinski definition) is 2. The van der Waals surface area contributed by atoms with Gasteiger partial charge in [0.05, 0.1) is 25.2 Å². The van der Waals surface area contributed by atoms with Crippen molar-refractivity contribution in [3.63, 3.8) is 0 Å². The van der Waals surface area contributed by atoms with Crippen LogP contribution in [0.4, 0.5) is 5.82 Å². The molecule has 6 heteroatoms. The molecule has 0 aromatic carbocycles. The average molecular weight is 288 g/mol. The van der Waals surface area contributed by atoms with E-state index in [1.807, 2.05) is 12.1 Å². The molecule has 0 bridgehead atoms. The molecule has 0 aliphatic carbocycles. The molecular formula is C15H20N4O2. The third kappa shape index (κ3) is 4.91. The van der Waals surface area contributed by atoms with Crippen LogP contribution in [-0.2, 0) is 6.54 Å². The van der Waals surface area contributed by atoms with Crippen molar-refractivity contribution in [3.8, 4) is 0 Å². The summed E-state index contributed by atoms with van der Waals surface area (Å²) in [5.74, 6) is 1.78. The van der Waals surface area contributed by atoms with Gasteiger partial charge in [-0.05, 0) is 24.5 Å². The minimum Gasteiger partial charge on any atom is -0.467 e. The molecule has 0 spiro atoms. The van der Waals surface area contributed by atoms with E-state index in [9.17, 15) is 4.79 Å². The summed E-state index contributed by atoms with van der Waals surface area (Å²) >= 11 is 0. The van der Waals surface area contributed by atoms with Gasteiger partial charge >= 0.3 is 0 Å². The summed E-state index contributed by atoms with van der Waals surface area (Å²) in [7, 11) is 0. The Kier molecular flexibility index (Phi) is 5.31. The summed E-state index contributed by atoms with van der Waals surface area (Å²) in [5.41, 5.74) is 0.322. The van der Waals surface area contributed by atoms with Gasteiger partial charge in [-0.3, -0.25) is 4.79 Å². The topological polar surface area (TPSA) is 80.0 Å². The van der Waals surface area contributed by atoms with Gasteiger partial charge in [0, 0.05) is 6.54 Å². The predicted octanol–water partition coefficient (Wildman–Crippen LogP) is 2.46. The molecule has 2 heterocycles. The van der Waals surface area contributed by atoms with Gasteiger partial charge in [0.15, 0.2) is 0 Å². The fraction of sp³-hybridized carbons (Fsp3) is 0.400. The molecule has 2 rings (SSSR count). The van der Waals surface area contributed by atoms with Crippen LogP contribution in [-0.4, -0.2) is 22.4 Å². The van der Waals surface area contributed by atoms with Crippen LogP contribution >= 0.6 is 0 Å². The Hall–Kier alpha value is -2.37. The summed E-state index contributed by atoms with van der Waals surface area (Å²) in [6.07, 6.45) is 5.57. The number of nitrogens with zero attached hydrogens (tertiary/aromatic N) is 2. The van der Waals surface area contributed by atoms with Gasteiger partial charge in [0.25, 0.3) is 5.91 Å². The van der Waals surface area contributed by atoms with Crippen molar-refractivity contribution in [1.29, 1.82) is 0 Å². The zero-order valence-corrected chi connectivity index (χ0v) is 12.3. The van der Waals surface area contributed by atoms with Crippen molar-refractivity contribution in [2.24, 2.45) is 5.92 Å². The molecular weight excluding hydrogens is 268 g/mol. The third-order valence-corrected chi connectivity index (χ3v) is 2.92. The van der Waals surface area contributed by atoms with Gasteiger partial charge in [-0.1, -0.05) is 13.8 Å².